The number of anilines is 1. The molecule has 9 heteroatoms. The molecule has 0 aliphatic rings. The van der Waals surface area contributed by atoms with Crippen molar-refractivity contribution >= 4 is 29.0 Å². The number of carbonyl (C=O) groups excluding carboxylic acids is 2. The first-order valence-corrected chi connectivity index (χ1v) is 7.75. The second kappa shape index (κ2) is 7.64. The number of nitrogens with two attached hydrogens (primary N) is 1. The zero-order valence-electron chi connectivity index (χ0n) is 13.5. The van der Waals surface area contributed by atoms with E-state index in [1.807, 2.05) is 6.07 Å². The molecule has 2 rings (SSSR count). The van der Waals surface area contributed by atoms with E-state index in [9.17, 15) is 9.59 Å². The molecule has 1 aromatic heterocycles. The largest absolute Gasteiger partial charge is 0.493 e. The third kappa shape index (κ3) is 3.57. The first kappa shape index (κ1) is 17.5. The van der Waals surface area contributed by atoms with Crippen LogP contribution in [0, 0.1) is 0 Å². The molecule has 1 aromatic carbocycles. The molecule has 0 aliphatic carbocycles. The molecule has 8 nitrogen and oxygen atoms in total. The number of benzene rings is 1. The third-order valence-corrected chi connectivity index (χ3v) is 4.14. The van der Waals surface area contributed by atoms with E-state index in [2.05, 4.69) is 15.0 Å². The van der Waals surface area contributed by atoms with E-state index in [4.69, 9.17) is 15.2 Å². The molecule has 1 heterocycles. The van der Waals surface area contributed by atoms with Crippen molar-refractivity contribution in [2.75, 3.05) is 27.0 Å². The molecule has 0 saturated carbocycles. The normalized spacial score (nSPS) is 10.1. The van der Waals surface area contributed by atoms with Gasteiger partial charge in [0.05, 0.1) is 19.9 Å². The quantitative estimate of drug-likeness (QED) is 0.717. The summed E-state index contributed by atoms with van der Waals surface area (Å²) in [4.78, 5) is 24.0. The Bertz CT molecular complexity index is 760. The highest BCUT2D eigenvalue weighted by atomic mass is 32.1. The lowest BCUT2D eigenvalue weighted by Crippen LogP contribution is -2.24. The molecular formula is C15H18N4O4S. The number of hydrogen-bond acceptors (Lipinski definition) is 7. The van der Waals surface area contributed by atoms with E-state index < -0.39 is 11.8 Å². The average molecular weight is 350 g/mol. The summed E-state index contributed by atoms with van der Waals surface area (Å²) in [5.74, 6) is 0.357. The number of hydrogen-bond donors (Lipinski definition) is 3. The third-order valence-electron chi connectivity index (χ3n) is 3.28. The van der Waals surface area contributed by atoms with Gasteiger partial charge in [0.2, 0.25) is 0 Å². The van der Waals surface area contributed by atoms with Crippen LogP contribution < -0.4 is 25.8 Å². The number of aromatic nitrogens is 1. The second-order valence-corrected chi connectivity index (χ2v) is 5.50. The Morgan fingerprint density at radius 3 is 2.54 bits per heavy atom. The van der Waals surface area contributed by atoms with E-state index in [1.165, 1.54) is 7.05 Å². The number of nitrogen functional groups attached to an aromatic ring is 1. The van der Waals surface area contributed by atoms with Crippen LogP contribution >= 0.6 is 11.5 Å². The van der Waals surface area contributed by atoms with Gasteiger partial charge in [-0.05, 0) is 29.2 Å². The predicted molar refractivity (Wildman–Crippen MR) is 90.6 cm³/mol. The van der Waals surface area contributed by atoms with Gasteiger partial charge in [0, 0.05) is 13.6 Å². The van der Waals surface area contributed by atoms with Crippen LogP contribution in [0.1, 0.15) is 25.7 Å². The Hall–Kier alpha value is -2.81. The van der Waals surface area contributed by atoms with Crippen molar-refractivity contribution in [1.29, 1.82) is 0 Å². The Kier molecular flexibility index (Phi) is 5.59. The van der Waals surface area contributed by atoms with E-state index in [0.717, 1.165) is 17.1 Å². The number of amides is 2. The average Bonchev–Trinajstić information content (AvgIpc) is 3.00. The van der Waals surface area contributed by atoms with E-state index >= 15 is 0 Å². The van der Waals surface area contributed by atoms with Gasteiger partial charge in [-0.25, -0.2) is 0 Å². The number of nitrogens with zero attached hydrogens (tertiary/aromatic N) is 1. The second-order valence-electron chi connectivity index (χ2n) is 4.73. The summed E-state index contributed by atoms with van der Waals surface area (Å²) in [5, 5.41) is 5.16. The molecule has 0 fully saturated rings. The molecule has 128 valence electrons. The summed E-state index contributed by atoms with van der Waals surface area (Å²) in [6, 6.07) is 5.34. The van der Waals surface area contributed by atoms with Crippen LogP contribution in [0.25, 0.3) is 0 Å². The number of carbonyl (C=O) groups is 2. The van der Waals surface area contributed by atoms with Crippen LogP contribution in [0.4, 0.5) is 5.69 Å². The van der Waals surface area contributed by atoms with Crippen molar-refractivity contribution in [1.82, 2.24) is 15.0 Å². The zero-order chi connectivity index (χ0) is 17.7. The van der Waals surface area contributed by atoms with Gasteiger partial charge in [-0.3, -0.25) is 9.59 Å². The van der Waals surface area contributed by atoms with Crippen LogP contribution in [-0.4, -0.2) is 37.5 Å². The topological polar surface area (TPSA) is 116 Å². The molecule has 2 aromatic rings. The van der Waals surface area contributed by atoms with Gasteiger partial charge in [0.15, 0.2) is 17.2 Å². The molecule has 0 aliphatic heterocycles. The monoisotopic (exact) mass is 350 g/mol. The van der Waals surface area contributed by atoms with Crippen LogP contribution in [-0.2, 0) is 6.54 Å². The first-order valence-electron chi connectivity index (χ1n) is 6.98. The minimum absolute atomic E-state index is 0.0544. The molecular weight excluding hydrogens is 332 g/mol. The van der Waals surface area contributed by atoms with Gasteiger partial charge in [0.1, 0.15) is 4.88 Å². The molecule has 0 unspecified atom stereocenters. The number of methoxy groups -OCH3 is 2. The molecule has 4 N–H and O–H groups in total. The van der Waals surface area contributed by atoms with E-state index in [0.29, 0.717) is 11.5 Å². The smallest absolute Gasteiger partial charge is 0.272 e. The predicted octanol–water partition coefficient (Wildman–Crippen LogP) is 1.03. The van der Waals surface area contributed by atoms with Crippen molar-refractivity contribution in [2.45, 2.75) is 6.54 Å². The highest BCUT2D eigenvalue weighted by molar-refractivity contribution is 7.09. The van der Waals surface area contributed by atoms with Crippen molar-refractivity contribution in [3.8, 4) is 11.5 Å². The summed E-state index contributed by atoms with van der Waals surface area (Å²) >= 11 is 0.884. The van der Waals surface area contributed by atoms with Crippen molar-refractivity contribution < 1.29 is 19.1 Å². The lowest BCUT2D eigenvalue weighted by Gasteiger charge is -2.10. The van der Waals surface area contributed by atoms with Gasteiger partial charge in [-0.15, -0.1) is 0 Å². The molecule has 24 heavy (non-hydrogen) atoms. The first-order chi connectivity index (χ1) is 11.5. The fourth-order valence-electron chi connectivity index (χ4n) is 2.00. The summed E-state index contributed by atoms with van der Waals surface area (Å²) in [7, 11) is 4.56. The standard InChI is InChI=1S/C15H18N4O4S/c1-17-14(20)12-11(16)13(24-19-12)15(21)18-7-8-4-5-9(22-2)10(6-8)23-3/h4-6H,7,16H2,1-3H3,(H,17,20)(H,18,21). The highest BCUT2D eigenvalue weighted by Crippen LogP contribution is 2.27. The molecule has 0 saturated heterocycles. The molecule has 2 amide bonds. The Morgan fingerprint density at radius 1 is 1.21 bits per heavy atom. The van der Waals surface area contributed by atoms with Crippen LogP contribution in [0.5, 0.6) is 11.5 Å². The Morgan fingerprint density at radius 2 is 1.92 bits per heavy atom. The van der Waals surface area contributed by atoms with Crippen LogP contribution in [0.3, 0.4) is 0 Å². The summed E-state index contributed by atoms with van der Waals surface area (Å²) in [6.45, 7) is 0.270. The molecule has 0 spiro atoms. The summed E-state index contributed by atoms with van der Waals surface area (Å²) in [5.41, 5.74) is 6.78. The number of rotatable bonds is 6. The maximum atomic E-state index is 12.2. The van der Waals surface area contributed by atoms with Crippen molar-refractivity contribution in [3.63, 3.8) is 0 Å². The summed E-state index contributed by atoms with van der Waals surface area (Å²) in [6.07, 6.45) is 0. The minimum Gasteiger partial charge on any atom is -0.493 e. The SMILES string of the molecule is CNC(=O)c1nsc(C(=O)NCc2ccc(OC)c(OC)c2)c1N. The summed E-state index contributed by atoms with van der Waals surface area (Å²) < 4.78 is 14.3. The van der Waals surface area contributed by atoms with Crippen LogP contribution in [0.15, 0.2) is 18.2 Å². The van der Waals surface area contributed by atoms with Gasteiger partial charge < -0.3 is 25.8 Å². The van der Waals surface area contributed by atoms with Gasteiger partial charge in [-0.1, -0.05) is 6.07 Å². The fraction of sp³-hybridized carbons (Fsp3) is 0.267. The van der Waals surface area contributed by atoms with Gasteiger partial charge in [-0.2, -0.15) is 4.37 Å². The minimum atomic E-state index is -0.428. The maximum Gasteiger partial charge on any atom is 0.272 e. The van der Waals surface area contributed by atoms with E-state index in [-0.39, 0.29) is 22.8 Å². The Balaban J connectivity index is 2.09. The lowest BCUT2D eigenvalue weighted by molar-refractivity contribution is 0.0954. The fourth-order valence-corrected chi connectivity index (χ4v) is 2.71. The van der Waals surface area contributed by atoms with Gasteiger partial charge in [0.25, 0.3) is 11.8 Å². The molecule has 0 atom stereocenters. The molecule has 0 bridgehead atoms. The van der Waals surface area contributed by atoms with Gasteiger partial charge >= 0.3 is 0 Å². The highest BCUT2D eigenvalue weighted by Gasteiger charge is 2.21. The maximum absolute atomic E-state index is 12.2. The Labute approximate surface area is 143 Å². The number of ether oxygens (including phenoxy) is 2. The van der Waals surface area contributed by atoms with E-state index in [1.54, 1.807) is 26.4 Å². The van der Waals surface area contributed by atoms with Crippen LogP contribution in [0.2, 0.25) is 0 Å². The van der Waals surface area contributed by atoms with Crippen molar-refractivity contribution in [2.24, 2.45) is 0 Å². The lowest BCUT2D eigenvalue weighted by atomic mass is 10.2. The van der Waals surface area contributed by atoms with Crippen molar-refractivity contribution in [3.05, 3.63) is 34.3 Å². The molecule has 0 radical (unpaired) electrons. The number of nitrogens with one attached hydrogen (secondary N) is 2. The zero-order valence-corrected chi connectivity index (χ0v) is 14.3.